The standard InChI is InChI=1S/C17H19N5O4S/c23-15(10-21-8-9-26-17(21)25)22-7-1-2-11(22)12-3-4-13(27-12)16(24)19-14-5-6-18-20-14/h3-6,11H,1-2,7-10H2,(H2,18,19,20,24). The Balaban J connectivity index is 1.43. The summed E-state index contributed by atoms with van der Waals surface area (Å²) in [5.74, 6) is 0.226. The van der Waals surface area contributed by atoms with E-state index in [2.05, 4.69) is 15.5 Å². The number of aromatic nitrogens is 2. The van der Waals surface area contributed by atoms with Crippen molar-refractivity contribution < 1.29 is 19.1 Å². The quantitative estimate of drug-likeness (QED) is 0.811. The molecule has 0 aromatic carbocycles. The first-order valence-corrected chi connectivity index (χ1v) is 9.55. The van der Waals surface area contributed by atoms with Gasteiger partial charge >= 0.3 is 6.09 Å². The minimum Gasteiger partial charge on any atom is -0.448 e. The first kappa shape index (κ1) is 17.5. The molecule has 2 fully saturated rings. The van der Waals surface area contributed by atoms with Gasteiger partial charge in [0.05, 0.1) is 23.7 Å². The molecule has 3 amide bonds. The van der Waals surface area contributed by atoms with Crippen molar-refractivity contribution in [3.63, 3.8) is 0 Å². The minimum absolute atomic E-state index is 0.0356. The second-order valence-electron chi connectivity index (χ2n) is 6.41. The average Bonchev–Trinajstić information content (AvgIpc) is 3.43. The van der Waals surface area contributed by atoms with E-state index >= 15 is 0 Å². The van der Waals surface area contributed by atoms with Crippen LogP contribution in [0.15, 0.2) is 24.4 Å². The Labute approximate surface area is 159 Å². The van der Waals surface area contributed by atoms with Crippen molar-refractivity contribution in [1.29, 1.82) is 0 Å². The molecule has 1 unspecified atom stereocenters. The number of nitrogens with one attached hydrogen (secondary N) is 2. The zero-order valence-corrected chi connectivity index (χ0v) is 15.3. The molecule has 9 nitrogen and oxygen atoms in total. The lowest BCUT2D eigenvalue weighted by atomic mass is 10.2. The highest BCUT2D eigenvalue weighted by Crippen LogP contribution is 2.36. The average molecular weight is 389 g/mol. The molecule has 27 heavy (non-hydrogen) atoms. The fraction of sp³-hybridized carbons (Fsp3) is 0.412. The molecule has 0 radical (unpaired) electrons. The Kier molecular flexibility index (Phi) is 4.80. The highest BCUT2D eigenvalue weighted by atomic mass is 32.1. The van der Waals surface area contributed by atoms with Crippen LogP contribution in [-0.2, 0) is 9.53 Å². The fourth-order valence-electron chi connectivity index (χ4n) is 3.35. The SMILES string of the molecule is O=C(Nc1ccn[nH]1)c1ccc(C2CCCN2C(=O)CN2CCOC2=O)s1. The lowest BCUT2D eigenvalue weighted by molar-refractivity contribution is -0.132. The largest absolute Gasteiger partial charge is 0.448 e. The molecule has 142 valence electrons. The second kappa shape index (κ2) is 7.39. The first-order chi connectivity index (χ1) is 13.1. The Morgan fingerprint density at radius 2 is 2.22 bits per heavy atom. The van der Waals surface area contributed by atoms with E-state index < -0.39 is 6.09 Å². The van der Waals surface area contributed by atoms with Gasteiger partial charge in [0.1, 0.15) is 19.0 Å². The van der Waals surface area contributed by atoms with E-state index in [4.69, 9.17) is 4.74 Å². The predicted molar refractivity (Wildman–Crippen MR) is 97.5 cm³/mol. The molecule has 4 rings (SSSR count). The van der Waals surface area contributed by atoms with Gasteiger partial charge in [0.2, 0.25) is 5.91 Å². The van der Waals surface area contributed by atoms with E-state index in [1.165, 1.54) is 16.2 Å². The van der Waals surface area contributed by atoms with Crippen LogP contribution in [0.3, 0.4) is 0 Å². The van der Waals surface area contributed by atoms with Gasteiger partial charge in [0, 0.05) is 17.5 Å². The van der Waals surface area contributed by atoms with Crippen molar-refractivity contribution in [1.82, 2.24) is 20.0 Å². The van der Waals surface area contributed by atoms with E-state index in [0.717, 1.165) is 17.7 Å². The molecule has 4 heterocycles. The molecule has 0 bridgehead atoms. The van der Waals surface area contributed by atoms with Crippen LogP contribution in [0, 0.1) is 0 Å². The van der Waals surface area contributed by atoms with Crippen LogP contribution in [0.25, 0.3) is 0 Å². The fourth-order valence-corrected chi connectivity index (χ4v) is 4.40. The van der Waals surface area contributed by atoms with Gasteiger partial charge in [-0.25, -0.2) is 4.79 Å². The number of thiophene rings is 1. The monoisotopic (exact) mass is 389 g/mol. The molecular formula is C17H19N5O4S. The lowest BCUT2D eigenvalue weighted by Gasteiger charge is -2.25. The number of ether oxygens (including phenoxy) is 1. The summed E-state index contributed by atoms with van der Waals surface area (Å²) in [5, 5.41) is 9.23. The summed E-state index contributed by atoms with van der Waals surface area (Å²) in [6.07, 6.45) is 2.87. The van der Waals surface area contributed by atoms with Crippen LogP contribution in [0.1, 0.15) is 33.4 Å². The van der Waals surface area contributed by atoms with E-state index in [9.17, 15) is 14.4 Å². The summed E-state index contributed by atoms with van der Waals surface area (Å²) >= 11 is 1.38. The summed E-state index contributed by atoms with van der Waals surface area (Å²) in [4.78, 5) is 41.3. The molecule has 1 atom stereocenters. The molecule has 2 aromatic rings. The maximum absolute atomic E-state index is 12.7. The second-order valence-corrected chi connectivity index (χ2v) is 7.52. The third kappa shape index (κ3) is 3.65. The highest BCUT2D eigenvalue weighted by molar-refractivity contribution is 7.14. The summed E-state index contributed by atoms with van der Waals surface area (Å²) in [6, 6.07) is 5.28. The van der Waals surface area contributed by atoms with Crippen LogP contribution in [-0.4, -0.2) is 64.1 Å². The molecule has 2 aliphatic heterocycles. The molecule has 2 aliphatic rings. The van der Waals surface area contributed by atoms with Gasteiger partial charge in [-0.05, 0) is 25.0 Å². The van der Waals surface area contributed by atoms with Crippen LogP contribution in [0.2, 0.25) is 0 Å². The molecular weight excluding hydrogens is 370 g/mol. The smallest absolute Gasteiger partial charge is 0.410 e. The van der Waals surface area contributed by atoms with Crippen LogP contribution in [0.5, 0.6) is 0 Å². The summed E-state index contributed by atoms with van der Waals surface area (Å²) in [7, 11) is 0. The van der Waals surface area contributed by atoms with E-state index in [-0.39, 0.29) is 24.4 Å². The Hall–Kier alpha value is -2.88. The number of carbonyl (C=O) groups is 3. The zero-order valence-electron chi connectivity index (χ0n) is 14.5. The number of nitrogens with zero attached hydrogens (tertiary/aromatic N) is 3. The Bertz CT molecular complexity index is 849. The van der Waals surface area contributed by atoms with Crippen LogP contribution < -0.4 is 5.32 Å². The van der Waals surface area contributed by atoms with E-state index in [1.807, 2.05) is 6.07 Å². The highest BCUT2D eigenvalue weighted by Gasteiger charge is 2.34. The van der Waals surface area contributed by atoms with Gasteiger partial charge in [-0.15, -0.1) is 11.3 Å². The van der Waals surface area contributed by atoms with Gasteiger partial charge < -0.3 is 15.0 Å². The Morgan fingerprint density at radius 3 is 2.96 bits per heavy atom. The van der Waals surface area contributed by atoms with Crippen molar-refractivity contribution in [2.24, 2.45) is 0 Å². The zero-order chi connectivity index (χ0) is 18.8. The van der Waals surface area contributed by atoms with Gasteiger partial charge in [-0.1, -0.05) is 0 Å². The molecule has 2 saturated heterocycles. The van der Waals surface area contributed by atoms with Crippen molar-refractivity contribution in [2.75, 3.05) is 31.6 Å². The number of carbonyl (C=O) groups excluding carboxylic acids is 3. The summed E-state index contributed by atoms with van der Waals surface area (Å²) in [5.41, 5.74) is 0. The topological polar surface area (TPSA) is 108 Å². The van der Waals surface area contributed by atoms with Gasteiger partial charge in [0.25, 0.3) is 5.91 Å². The maximum atomic E-state index is 12.7. The Morgan fingerprint density at radius 1 is 1.33 bits per heavy atom. The van der Waals surface area contributed by atoms with Crippen molar-refractivity contribution in [3.8, 4) is 0 Å². The summed E-state index contributed by atoms with van der Waals surface area (Å²) in [6.45, 7) is 1.46. The van der Waals surface area contributed by atoms with Gasteiger partial charge in [0.15, 0.2) is 0 Å². The number of aromatic amines is 1. The van der Waals surface area contributed by atoms with Crippen molar-refractivity contribution in [3.05, 3.63) is 34.2 Å². The number of rotatable bonds is 5. The van der Waals surface area contributed by atoms with Crippen LogP contribution in [0.4, 0.5) is 10.6 Å². The first-order valence-electron chi connectivity index (χ1n) is 8.73. The van der Waals surface area contributed by atoms with Crippen LogP contribution >= 0.6 is 11.3 Å². The lowest BCUT2D eigenvalue weighted by Crippen LogP contribution is -2.40. The molecule has 2 N–H and O–H groups in total. The van der Waals surface area contributed by atoms with E-state index in [1.54, 1.807) is 23.2 Å². The molecule has 0 saturated carbocycles. The van der Waals surface area contributed by atoms with E-state index in [0.29, 0.717) is 30.4 Å². The number of hydrogen-bond acceptors (Lipinski definition) is 6. The summed E-state index contributed by atoms with van der Waals surface area (Å²) < 4.78 is 4.88. The number of cyclic esters (lactones) is 1. The molecule has 10 heteroatoms. The number of likely N-dealkylation sites (tertiary alicyclic amines) is 1. The van der Waals surface area contributed by atoms with Gasteiger partial charge in [-0.2, -0.15) is 5.10 Å². The third-order valence-corrected chi connectivity index (χ3v) is 5.86. The van der Waals surface area contributed by atoms with Crippen molar-refractivity contribution >= 4 is 35.1 Å². The maximum Gasteiger partial charge on any atom is 0.410 e. The number of H-pyrrole nitrogens is 1. The minimum atomic E-state index is -0.437. The number of hydrogen-bond donors (Lipinski definition) is 2. The molecule has 0 spiro atoms. The van der Waals surface area contributed by atoms with Gasteiger partial charge in [-0.3, -0.25) is 19.6 Å². The molecule has 2 aromatic heterocycles. The number of anilines is 1. The normalized spacial score (nSPS) is 19.4. The third-order valence-electron chi connectivity index (χ3n) is 4.67. The predicted octanol–water partition coefficient (Wildman–Crippen LogP) is 1.84. The number of amides is 3. The molecule has 0 aliphatic carbocycles. The van der Waals surface area contributed by atoms with Crippen molar-refractivity contribution in [2.45, 2.75) is 18.9 Å².